The Hall–Kier alpha value is -1.22. The molecule has 1 N–H and O–H groups in total. The third-order valence-electron chi connectivity index (χ3n) is 6.15. The predicted octanol–water partition coefficient (Wildman–Crippen LogP) is 0.252. The van der Waals surface area contributed by atoms with Gasteiger partial charge < -0.3 is 20.0 Å². The zero-order valence-electron chi connectivity index (χ0n) is 20.2. The van der Waals surface area contributed by atoms with Crippen LogP contribution in [-0.2, 0) is 9.59 Å². The van der Waals surface area contributed by atoms with Gasteiger partial charge in [0.2, 0.25) is 11.8 Å². The minimum absolute atomic E-state index is 0.0388. The van der Waals surface area contributed by atoms with Gasteiger partial charge in [-0.3, -0.25) is 19.4 Å². The average molecular weight is 427 g/mol. The number of likely N-dealkylation sites (N-methyl/N-ethyl adjacent to an activating group) is 5. The molecule has 1 saturated heterocycles. The van der Waals surface area contributed by atoms with Gasteiger partial charge in [-0.15, -0.1) is 0 Å². The van der Waals surface area contributed by atoms with Crippen molar-refractivity contribution in [3.05, 3.63) is 0 Å². The lowest BCUT2D eigenvalue weighted by Crippen LogP contribution is -2.47. The molecule has 1 fully saturated rings. The van der Waals surface area contributed by atoms with Gasteiger partial charge in [0.05, 0.1) is 13.1 Å². The first-order valence-electron chi connectivity index (χ1n) is 11.9. The van der Waals surface area contributed by atoms with Crippen LogP contribution in [0.2, 0.25) is 0 Å². The molecule has 1 aliphatic rings. The summed E-state index contributed by atoms with van der Waals surface area (Å²) in [6.07, 6.45) is 0. The van der Waals surface area contributed by atoms with Crippen LogP contribution in [0.5, 0.6) is 0 Å². The molecule has 30 heavy (non-hydrogen) atoms. The number of carbonyl (C=O) groups is 2. The van der Waals surface area contributed by atoms with E-state index >= 15 is 0 Å². The molecule has 0 unspecified atom stereocenters. The van der Waals surface area contributed by atoms with Crippen LogP contribution in [-0.4, -0.2) is 134 Å². The highest BCUT2D eigenvalue weighted by Crippen LogP contribution is 1.99. The Balaban J connectivity index is 2.84. The number of hydrogen-bond acceptors (Lipinski definition) is 6. The summed E-state index contributed by atoms with van der Waals surface area (Å²) >= 11 is 0. The van der Waals surface area contributed by atoms with Gasteiger partial charge in [0.25, 0.3) is 0 Å². The smallest absolute Gasteiger partial charge is 0.236 e. The first-order chi connectivity index (χ1) is 14.5. The molecule has 1 aliphatic heterocycles. The van der Waals surface area contributed by atoms with Crippen molar-refractivity contribution in [3.63, 3.8) is 0 Å². The molecule has 1 heterocycles. The lowest BCUT2D eigenvalue weighted by molar-refractivity contribution is -0.132. The Bertz CT molecular complexity index is 490. The average Bonchev–Trinajstić information content (AvgIpc) is 2.75. The van der Waals surface area contributed by atoms with Crippen molar-refractivity contribution >= 4 is 11.8 Å². The van der Waals surface area contributed by atoms with Crippen LogP contribution in [0.15, 0.2) is 0 Å². The summed E-state index contributed by atoms with van der Waals surface area (Å²) in [5, 5.41) is 2.99. The van der Waals surface area contributed by atoms with Gasteiger partial charge in [0, 0.05) is 58.9 Å². The van der Waals surface area contributed by atoms with E-state index in [1.54, 1.807) is 0 Å². The maximum atomic E-state index is 12.8. The summed E-state index contributed by atoms with van der Waals surface area (Å²) in [6.45, 7) is 22.8. The standard InChI is InChI=1S/C22H46N6O2/c1-6-24-13-14-25(7-2)16-18-27(9-4)20-22(30)28(10-5)12-11-23-21(29)19-26(8-3)17-15-24/h6-20H2,1-5H3,(H,23,29). The predicted molar refractivity (Wildman–Crippen MR) is 124 cm³/mol. The number of rotatable bonds is 5. The third-order valence-corrected chi connectivity index (χ3v) is 6.15. The SMILES string of the molecule is CCN1CCN(CC)CCN(CC)CC(=O)N(CC)CCNC(=O)CN(CC)CC1. The van der Waals surface area contributed by atoms with E-state index in [2.05, 4.69) is 52.6 Å². The van der Waals surface area contributed by atoms with Crippen LogP contribution in [0.1, 0.15) is 34.6 Å². The number of hydrogen-bond donors (Lipinski definition) is 1. The Morgan fingerprint density at radius 2 is 1.03 bits per heavy atom. The lowest BCUT2D eigenvalue weighted by Gasteiger charge is -2.31. The Kier molecular flexibility index (Phi) is 13.9. The van der Waals surface area contributed by atoms with Crippen LogP contribution in [0.3, 0.4) is 0 Å². The maximum Gasteiger partial charge on any atom is 0.236 e. The molecule has 2 amide bonds. The third kappa shape index (κ3) is 10.2. The molecule has 176 valence electrons. The van der Waals surface area contributed by atoms with E-state index in [-0.39, 0.29) is 11.8 Å². The first kappa shape index (κ1) is 26.8. The van der Waals surface area contributed by atoms with E-state index in [4.69, 9.17) is 0 Å². The molecule has 0 bridgehead atoms. The lowest BCUT2D eigenvalue weighted by atomic mass is 10.3. The maximum absolute atomic E-state index is 12.8. The van der Waals surface area contributed by atoms with Crippen LogP contribution < -0.4 is 5.32 Å². The van der Waals surface area contributed by atoms with E-state index in [9.17, 15) is 9.59 Å². The fourth-order valence-electron chi connectivity index (χ4n) is 3.74. The molecule has 8 heteroatoms. The van der Waals surface area contributed by atoms with Gasteiger partial charge in [-0.25, -0.2) is 0 Å². The molecule has 0 atom stereocenters. The molecule has 0 spiro atoms. The van der Waals surface area contributed by atoms with Gasteiger partial charge in [-0.05, 0) is 33.1 Å². The minimum Gasteiger partial charge on any atom is -0.353 e. The van der Waals surface area contributed by atoms with Crippen molar-refractivity contribution in [2.75, 3.05) is 98.2 Å². The first-order valence-corrected chi connectivity index (χ1v) is 11.9. The van der Waals surface area contributed by atoms with E-state index in [0.717, 1.165) is 65.4 Å². The minimum atomic E-state index is 0.0388. The second-order valence-corrected chi connectivity index (χ2v) is 7.93. The molecule has 0 aromatic heterocycles. The van der Waals surface area contributed by atoms with Crippen LogP contribution >= 0.6 is 0 Å². The van der Waals surface area contributed by atoms with Crippen molar-refractivity contribution in [1.82, 2.24) is 29.8 Å². The Labute approximate surface area is 184 Å². The largest absolute Gasteiger partial charge is 0.353 e. The van der Waals surface area contributed by atoms with Crippen LogP contribution in [0.4, 0.5) is 0 Å². The summed E-state index contributed by atoms with van der Waals surface area (Å²) in [5.41, 5.74) is 0. The fourth-order valence-corrected chi connectivity index (χ4v) is 3.74. The fraction of sp³-hybridized carbons (Fsp3) is 0.909. The second-order valence-electron chi connectivity index (χ2n) is 7.93. The van der Waals surface area contributed by atoms with Crippen molar-refractivity contribution < 1.29 is 9.59 Å². The number of nitrogens with one attached hydrogen (secondary N) is 1. The van der Waals surface area contributed by atoms with Crippen molar-refractivity contribution in [3.8, 4) is 0 Å². The summed E-state index contributed by atoms with van der Waals surface area (Å²) in [7, 11) is 0. The molecule has 0 radical (unpaired) electrons. The van der Waals surface area contributed by atoms with Crippen LogP contribution in [0.25, 0.3) is 0 Å². The van der Waals surface area contributed by atoms with E-state index in [1.807, 2.05) is 11.8 Å². The number of amides is 2. The van der Waals surface area contributed by atoms with Gasteiger partial charge in [0.1, 0.15) is 0 Å². The summed E-state index contributed by atoms with van der Waals surface area (Å²) < 4.78 is 0. The Morgan fingerprint density at radius 1 is 0.600 bits per heavy atom. The second kappa shape index (κ2) is 15.6. The molecular weight excluding hydrogens is 380 g/mol. The monoisotopic (exact) mass is 426 g/mol. The molecule has 0 aromatic carbocycles. The van der Waals surface area contributed by atoms with E-state index < -0.39 is 0 Å². The molecule has 1 rings (SSSR count). The molecule has 8 nitrogen and oxygen atoms in total. The molecule has 0 aliphatic carbocycles. The van der Waals surface area contributed by atoms with Gasteiger partial charge in [-0.2, -0.15) is 0 Å². The van der Waals surface area contributed by atoms with Crippen molar-refractivity contribution in [2.24, 2.45) is 0 Å². The molecule has 0 aromatic rings. The number of carbonyl (C=O) groups excluding carboxylic acids is 2. The van der Waals surface area contributed by atoms with Crippen LogP contribution in [0, 0.1) is 0 Å². The summed E-state index contributed by atoms with van der Waals surface area (Å²) in [4.78, 5) is 36.3. The van der Waals surface area contributed by atoms with Crippen molar-refractivity contribution in [1.29, 1.82) is 0 Å². The molecular formula is C22H46N6O2. The zero-order valence-corrected chi connectivity index (χ0v) is 20.2. The highest BCUT2D eigenvalue weighted by Gasteiger charge is 2.18. The summed E-state index contributed by atoms with van der Waals surface area (Å²) in [5.74, 6) is 0.182. The van der Waals surface area contributed by atoms with Gasteiger partial charge in [-0.1, -0.05) is 27.7 Å². The summed E-state index contributed by atoms with van der Waals surface area (Å²) in [6, 6.07) is 0. The van der Waals surface area contributed by atoms with E-state index in [1.165, 1.54) is 0 Å². The molecule has 0 saturated carbocycles. The Morgan fingerprint density at radius 3 is 1.47 bits per heavy atom. The quantitative estimate of drug-likeness (QED) is 0.680. The number of nitrogens with zero attached hydrogens (tertiary/aromatic N) is 5. The van der Waals surface area contributed by atoms with Gasteiger partial charge in [0.15, 0.2) is 0 Å². The highest BCUT2D eigenvalue weighted by molar-refractivity contribution is 5.79. The zero-order chi connectivity index (χ0) is 22.4. The van der Waals surface area contributed by atoms with Gasteiger partial charge >= 0.3 is 0 Å². The van der Waals surface area contributed by atoms with E-state index in [0.29, 0.717) is 32.7 Å². The highest BCUT2D eigenvalue weighted by atomic mass is 16.2. The normalized spacial score (nSPS) is 22.0. The topological polar surface area (TPSA) is 62.4 Å². The van der Waals surface area contributed by atoms with Crippen molar-refractivity contribution in [2.45, 2.75) is 34.6 Å².